The van der Waals surface area contributed by atoms with Gasteiger partial charge in [0, 0.05) is 18.8 Å². The second-order valence-corrected chi connectivity index (χ2v) is 4.76. The number of aromatic amines is 1. The molecule has 0 spiro atoms. The quantitative estimate of drug-likeness (QED) is 0.698. The van der Waals surface area contributed by atoms with Gasteiger partial charge in [-0.05, 0) is 25.8 Å². The highest BCUT2D eigenvalue weighted by molar-refractivity contribution is 5.81. The van der Waals surface area contributed by atoms with E-state index in [4.69, 9.17) is 0 Å². The second kappa shape index (κ2) is 6.39. The van der Waals surface area contributed by atoms with Crippen LogP contribution in [0.25, 0.3) is 0 Å². The van der Waals surface area contributed by atoms with Crippen molar-refractivity contribution in [3.05, 3.63) is 18.0 Å². The van der Waals surface area contributed by atoms with Crippen molar-refractivity contribution in [1.29, 1.82) is 0 Å². The van der Waals surface area contributed by atoms with Crippen molar-refractivity contribution in [2.75, 3.05) is 6.54 Å². The summed E-state index contributed by atoms with van der Waals surface area (Å²) in [6.07, 6.45) is 1.71. The Kier molecular flexibility index (Phi) is 5.15. The summed E-state index contributed by atoms with van der Waals surface area (Å²) in [5, 5.41) is 12.9. The van der Waals surface area contributed by atoms with Crippen molar-refractivity contribution in [3.8, 4) is 0 Å². The first-order valence-corrected chi connectivity index (χ1v) is 6.03. The first-order valence-electron chi connectivity index (χ1n) is 6.03. The van der Waals surface area contributed by atoms with Gasteiger partial charge in [0.1, 0.15) is 0 Å². The lowest BCUT2D eigenvalue weighted by molar-refractivity contribution is -0.123. The van der Waals surface area contributed by atoms with E-state index in [1.165, 1.54) is 0 Å². The van der Waals surface area contributed by atoms with Crippen LogP contribution in [0.5, 0.6) is 0 Å². The minimum absolute atomic E-state index is 0.0325. The summed E-state index contributed by atoms with van der Waals surface area (Å²) >= 11 is 0. The van der Waals surface area contributed by atoms with Crippen molar-refractivity contribution in [1.82, 2.24) is 20.8 Å². The summed E-state index contributed by atoms with van der Waals surface area (Å²) in [6, 6.07) is 1.76. The van der Waals surface area contributed by atoms with Gasteiger partial charge in [-0.1, -0.05) is 13.8 Å². The monoisotopic (exact) mass is 238 g/mol. The van der Waals surface area contributed by atoms with E-state index in [1.54, 1.807) is 6.20 Å². The SMILES string of the molecule is CC(C)CNC(=O)C(C)NC(C)c1ccn[nH]1. The minimum Gasteiger partial charge on any atom is -0.354 e. The number of carbonyl (C=O) groups is 1. The molecular formula is C12H22N4O. The summed E-state index contributed by atoms with van der Waals surface area (Å²) in [6.45, 7) is 8.72. The van der Waals surface area contributed by atoms with Crippen molar-refractivity contribution in [2.24, 2.45) is 5.92 Å². The summed E-state index contributed by atoms with van der Waals surface area (Å²) in [5.41, 5.74) is 0.980. The molecule has 17 heavy (non-hydrogen) atoms. The summed E-state index contributed by atoms with van der Waals surface area (Å²) in [4.78, 5) is 11.8. The average Bonchev–Trinajstić information content (AvgIpc) is 2.78. The summed E-state index contributed by atoms with van der Waals surface area (Å²) < 4.78 is 0. The van der Waals surface area contributed by atoms with Crippen molar-refractivity contribution in [3.63, 3.8) is 0 Å². The molecule has 0 bridgehead atoms. The number of amides is 1. The molecule has 0 aliphatic carbocycles. The smallest absolute Gasteiger partial charge is 0.236 e. The van der Waals surface area contributed by atoms with Crippen molar-refractivity contribution in [2.45, 2.75) is 39.8 Å². The third-order valence-corrected chi connectivity index (χ3v) is 2.57. The number of nitrogens with zero attached hydrogens (tertiary/aromatic N) is 1. The van der Waals surface area contributed by atoms with Gasteiger partial charge < -0.3 is 5.32 Å². The van der Waals surface area contributed by atoms with Gasteiger partial charge in [-0.2, -0.15) is 5.10 Å². The van der Waals surface area contributed by atoms with Crippen LogP contribution in [0.3, 0.4) is 0 Å². The molecule has 1 amide bonds. The van der Waals surface area contributed by atoms with E-state index < -0.39 is 0 Å². The van der Waals surface area contributed by atoms with Crippen LogP contribution < -0.4 is 10.6 Å². The van der Waals surface area contributed by atoms with Crippen molar-refractivity contribution < 1.29 is 4.79 Å². The highest BCUT2D eigenvalue weighted by atomic mass is 16.2. The number of nitrogens with one attached hydrogen (secondary N) is 3. The molecule has 0 saturated carbocycles. The molecule has 1 heterocycles. The van der Waals surface area contributed by atoms with E-state index >= 15 is 0 Å². The van der Waals surface area contributed by atoms with Gasteiger partial charge in [0.05, 0.1) is 11.7 Å². The molecule has 0 aliphatic heterocycles. The molecule has 5 nitrogen and oxygen atoms in total. The fourth-order valence-electron chi connectivity index (χ4n) is 1.51. The largest absolute Gasteiger partial charge is 0.354 e. The van der Waals surface area contributed by atoms with Crippen LogP contribution in [0, 0.1) is 5.92 Å². The molecule has 0 aliphatic rings. The lowest BCUT2D eigenvalue weighted by Crippen LogP contribution is -2.44. The first kappa shape index (κ1) is 13.7. The third-order valence-electron chi connectivity index (χ3n) is 2.57. The lowest BCUT2D eigenvalue weighted by Gasteiger charge is -2.19. The highest BCUT2D eigenvalue weighted by Crippen LogP contribution is 2.08. The number of rotatable bonds is 6. The molecule has 1 aromatic heterocycles. The number of hydrogen-bond acceptors (Lipinski definition) is 3. The van der Waals surface area contributed by atoms with Crippen LogP contribution in [0.15, 0.2) is 12.3 Å². The third kappa shape index (κ3) is 4.56. The predicted molar refractivity (Wildman–Crippen MR) is 67.4 cm³/mol. The zero-order valence-corrected chi connectivity index (χ0v) is 10.9. The normalized spacial score (nSPS) is 14.6. The number of carbonyl (C=O) groups excluding carboxylic acids is 1. The number of H-pyrrole nitrogens is 1. The van der Waals surface area contributed by atoms with E-state index in [0.29, 0.717) is 12.5 Å². The van der Waals surface area contributed by atoms with Gasteiger partial charge in [-0.3, -0.25) is 15.2 Å². The maximum Gasteiger partial charge on any atom is 0.236 e. The van der Waals surface area contributed by atoms with Crippen LogP contribution >= 0.6 is 0 Å². The average molecular weight is 238 g/mol. The van der Waals surface area contributed by atoms with E-state index in [0.717, 1.165) is 5.69 Å². The van der Waals surface area contributed by atoms with Crippen LogP contribution in [-0.4, -0.2) is 28.7 Å². The van der Waals surface area contributed by atoms with Crippen LogP contribution in [0.2, 0.25) is 0 Å². The van der Waals surface area contributed by atoms with E-state index in [1.807, 2.05) is 19.9 Å². The Morgan fingerprint density at radius 2 is 2.12 bits per heavy atom. The van der Waals surface area contributed by atoms with E-state index in [2.05, 4.69) is 34.7 Å². The summed E-state index contributed by atoms with van der Waals surface area (Å²) in [5.74, 6) is 0.501. The van der Waals surface area contributed by atoms with E-state index in [-0.39, 0.29) is 18.0 Å². The Hall–Kier alpha value is -1.36. The Morgan fingerprint density at radius 1 is 1.41 bits per heavy atom. The van der Waals surface area contributed by atoms with Gasteiger partial charge in [0.2, 0.25) is 5.91 Å². The molecule has 0 saturated heterocycles. The fraction of sp³-hybridized carbons (Fsp3) is 0.667. The zero-order chi connectivity index (χ0) is 12.8. The predicted octanol–water partition coefficient (Wildman–Crippen LogP) is 1.22. The van der Waals surface area contributed by atoms with Crippen molar-refractivity contribution >= 4 is 5.91 Å². The van der Waals surface area contributed by atoms with Gasteiger partial charge >= 0.3 is 0 Å². The second-order valence-electron chi connectivity index (χ2n) is 4.76. The Balaban J connectivity index is 2.38. The molecule has 96 valence electrons. The van der Waals surface area contributed by atoms with E-state index in [9.17, 15) is 4.79 Å². The zero-order valence-electron chi connectivity index (χ0n) is 10.9. The van der Waals surface area contributed by atoms with Gasteiger partial charge in [0.15, 0.2) is 0 Å². The Morgan fingerprint density at radius 3 is 2.65 bits per heavy atom. The topological polar surface area (TPSA) is 69.8 Å². The van der Waals surface area contributed by atoms with Gasteiger partial charge in [-0.25, -0.2) is 0 Å². The molecule has 0 fully saturated rings. The molecular weight excluding hydrogens is 216 g/mol. The molecule has 0 radical (unpaired) electrons. The summed E-state index contributed by atoms with van der Waals surface area (Å²) in [7, 11) is 0. The van der Waals surface area contributed by atoms with Crippen LogP contribution in [0.1, 0.15) is 39.4 Å². The molecule has 5 heteroatoms. The fourth-order valence-corrected chi connectivity index (χ4v) is 1.51. The molecule has 1 aromatic rings. The Labute approximate surface area is 102 Å². The maximum absolute atomic E-state index is 11.8. The Bertz CT molecular complexity index is 334. The maximum atomic E-state index is 11.8. The van der Waals surface area contributed by atoms with Crippen LogP contribution in [0.4, 0.5) is 0 Å². The van der Waals surface area contributed by atoms with Gasteiger partial charge in [-0.15, -0.1) is 0 Å². The van der Waals surface area contributed by atoms with Crippen LogP contribution in [-0.2, 0) is 4.79 Å². The number of hydrogen-bond donors (Lipinski definition) is 3. The van der Waals surface area contributed by atoms with Gasteiger partial charge in [0.25, 0.3) is 0 Å². The molecule has 0 aromatic carbocycles. The lowest BCUT2D eigenvalue weighted by atomic mass is 10.2. The standard InChI is InChI=1S/C12H22N4O/c1-8(2)7-13-12(17)10(4)15-9(3)11-5-6-14-16-11/h5-6,8-10,15H,7H2,1-4H3,(H,13,17)(H,14,16). The molecule has 1 rings (SSSR count). The minimum atomic E-state index is -0.216. The molecule has 2 atom stereocenters. The number of aromatic nitrogens is 2. The molecule has 3 N–H and O–H groups in total. The first-order chi connectivity index (χ1) is 8.00. The molecule has 2 unspecified atom stereocenters. The highest BCUT2D eigenvalue weighted by Gasteiger charge is 2.16.